The van der Waals surface area contributed by atoms with Crippen LogP contribution in [-0.4, -0.2) is 37.0 Å². The van der Waals surface area contributed by atoms with Crippen molar-refractivity contribution in [2.75, 3.05) is 37.9 Å². The molecule has 4 N–H and O–H groups in total. The first-order valence-corrected chi connectivity index (χ1v) is 5.17. The molecular formula is C10H17N5O2. The second-order valence-electron chi connectivity index (χ2n) is 3.90. The molecule has 0 saturated carbocycles. The molecule has 0 radical (unpaired) electrons. The van der Waals surface area contributed by atoms with E-state index in [2.05, 4.69) is 10.7 Å². The fourth-order valence-electron chi connectivity index (χ4n) is 1.33. The van der Waals surface area contributed by atoms with E-state index in [-0.39, 0.29) is 5.69 Å². The summed E-state index contributed by atoms with van der Waals surface area (Å²) in [4.78, 5) is 12.3. The number of nitrogens with one attached hydrogen (secondary N) is 2. The summed E-state index contributed by atoms with van der Waals surface area (Å²) in [7, 11) is 3.92. The summed E-state index contributed by atoms with van der Waals surface area (Å²) in [5, 5.41) is 13.8. The number of nitrogens with zero attached hydrogens (tertiary/aromatic N) is 2. The van der Waals surface area contributed by atoms with Crippen molar-refractivity contribution in [2.45, 2.75) is 0 Å². The lowest BCUT2D eigenvalue weighted by atomic mass is 10.2. The van der Waals surface area contributed by atoms with Gasteiger partial charge in [-0.1, -0.05) is 0 Å². The molecule has 94 valence electrons. The maximum Gasteiger partial charge on any atom is 0.273 e. The van der Waals surface area contributed by atoms with E-state index in [0.717, 1.165) is 6.54 Å². The standard InChI is InChI=1S/C10H17N5O2/c1-14(2)4-3-12-8-5-9(13-11)7-10(6-8)15(16)17/h5-7,12-13H,3-4,11H2,1-2H3. The van der Waals surface area contributed by atoms with Gasteiger partial charge in [0.2, 0.25) is 0 Å². The number of likely N-dealkylation sites (N-methyl/N-ethyl adjacent to an activating group) is 1. The summed E-state index contributed by atoms with van der Waals surface area (Å²) in [6.07, 6.45) is 0. The molecule has 0 aliphatic heterocycles. The van der Waals surface area contributed by atoms with Gasteiger partial charge in [0, 0.05) is 30.9 Å². The van der Waals surface area contributed by atoms with Gasteiger partial charge in [-0.15, -0.1) is 0 Å². The van der Waals surface area contributed by atoms with Crippen LogP contribution in [0.2, 0.25) is 0 Å². The van der Waals surface area contributed by atoms with Crippen molar-refractivity contribution < 1.29 is 4.92 Å². The van der Waals surface area contributed by atoms with Crippen molar-refractivity contribution in [3.05, 3.63) is 28.3 Å². The molecule has 0 saturated heterocycles. The first-order chi connectivity index (χ1) is 8.02. The van der Waals surface area contributed by atoms with Gasteiger partial charge in [-0.05, 0) is 20.2 Å². The normalized spacial score (nSPS) is 10.4. The molecule has 1 aromatic carbocycles. The van der Waals surface area contributed by atoms with Crippen LogP contribution in [-0.2, 0) is 0 Å². The molecule has 0 fully saturated rings. The van der Waals surface area contributed by atoms with E-state index in [4.69, 9.17) is 5.84 Å². The van der Waals surface area contributed by atoms with E-state index in [1.807, 2.05) is 19.0 Å². The van der Waals surface area contributed by atoms with Crippen LogP contribution in [0.4, 0.5) is 17.1 Å². The summed E-state index contributed by atoms with van der Waals surface area (Å²) < 4.78 is 0. The van der Waals surface area contributed by atoms with Gasteiger partial charge < -0.3 is 15.6 Å². The van der Waals surface area contributed by atoms with Crippen LogP contribution in [0.15, 0.2) is 18.2 Å². The number of hydrogen-bond acceptors (Lipinski definition) is 6. The SMILES string of the molecule is CN(C)CCNc1cc(NN)cc([N+](=O)[O-])c1. The molecule has 0 amide bonds. The molecule has 1 rings (SSSR count). The van der Waals surface area contributed by atoms with Gasteiger partial charge in [0.1, 0.15) is 0 Å². The highest BCUT2D eigenvalue weighted by atomic mass is 16.6. The molecule has 17 heavy (non-hydrogen) atoms. The Morgan fingerprint density at radius 1 is 1.35 bits per heavy atom. The minimum absolute atomic E-state index is 0.00723. The molecule has 7 nitrogen and oxygen atoms in total. The molecule has 0 bridgehead atoms. The molecule has 0 aromatic heterocycles. The van der Waals surface area contributed by atoms with Gasteiger partial charge in [0.05, 0.1) is 10.6 Å². The van der Waals surface area contributed by atoms with Crippen LogP contribution in [0, 0.1) is 10.1 Å². The van der Waals surface area contributed by atoms with Gasteiger partial charge in [-0.2, -0.15) is 0 Å². The average Bonchev–Trinajstić information content (AvgIpc) is 2.28. The van der Waals surface area contributed by atoms with Gasteiger partial charge in [-0.3, -0.25) is 16.0 Å². The molecule has 0 aliphatic carbocycles. The highest BCUT2D eigenvalue weighted by Crippen LogP contribution is 2.23. The Morgan fingerprint density at radius 2 is 2.00 bits per heavy atom. The minimum Gasteiger partial charge on any atom is -0.383 e. The van der Waals surface area contributed by atoms with Crippen LogP contribution in [0.25, 0.3) is 0 Å². The quantitative estimate of drug-likeness (QED) is 0.387. The predicted octanol–water partition coefficient (Wildman–Crippen LogP) is 0.854. The van der Waals surface area contributed by atoms with Crippen molar-refractivity contribution >= 4 is 17.1 Å². The maximum absolute atomic E-state index is 10.7. The Hall–Kier alpha value is -1.86. The third kappa shape index (κ3) is 4.25. The predicted molar refractivity (Wildman–Crippen MR) is 68.0 cm³/mol. The second-order valence-corrected chi connectivity index (χ2v) is 3.90. The number of nitro benzene ring substituents is 1. The number of nitrogen functional groups attached to an aromatic ring is 1. The Kier molecular flexibility index (Phi) is 4.68. The molecule has 0 atom stereocenters. The van der Waals surface area contributed by atoms with Crippen LogP contribution >= 0.6 is 0 Å². The lowest BCUT2D eigenvalue weighted by molar-refractivity contribution is -0.384. The Bertz CT molecular complexity index is 394. The number of anilines is 2. The van der Waals surface area contributed by atoms with Crippen LogP contribution in [0.3, 0.4) is 0 Å². The second kappa shape index (κ2) is 6.02. The van der Waals surface area contributed by atoms with E-state index in [0.29, 0.717) is 17.9 Å². The average molecular weight is 239 g/mol. The number of hydrazine groups is 1. The summed E-state index contributed by atoms with van der Waals surface area (Å²) in [5.74, 6) is 5.26. The largest absolute Gasteiger partial charge is 0.383 e. The summed E-state index contributed by atoms with van der Waals surface area (Å²) in [6, 6.07) is 4.59. The first kappa shape index (κ1) is 13.2. The Labute approximate surface area is 99.7 Å². The number of rotatable bonds is 6. The molecule has 7 heteroatoms. The van der Waals surface area contributed by atoms with E-state index < -0.39 is 4.92 Å². The molecule has 0 spiro atoms. The van der Waals surface area contributed by atoms with Crippen molar-refractivity contribution in [3.63, 3.8) is 0 Å². The zero-order valence-corrected chi connectivity index (χ0v) is 9.93. The molecule has 0 heterocycles. The zero-order chi connectivity index (χ0) is 12.8. The smallest absolute Gasteiger partial charge is 0.273 e. The Morgan fingerprint density at radius 3 is 2.53 bits per heavy atom. The van der Waals surface area contributed by atoms with E-state index >= 15 is 0 Å². The lowest BCUT2D eigenvalue weighted by Crippen LogP contribution is -2.20. The van der Waals surface area contributed by atoms with Crippen LogP contribution in [0.5, 0.6) is 0 Å². The van der Waals surface area contributed by atoms with Crippen LogP contribution < -0.4 is 16.6 Å². The van der Waals surface area contributed by atoms with E-state index in [1.165, 1.54) is 12.1 Å². The third-order valence-electron chi connectivity index (χ3n) is 2.18. The summed E-state index contributed by atoms with van der Waals surface area (Å²) in [5.41, 5.74) is 3.60. The third-order valence-corrected chi connectivity index (χ3v) is 2.18. The highest BCUT2D eigenvalue weighted by molar-refractivity contribution is 5.63. The van der Waals surface area contributed by atoms with Crippen molar-refractivity contribution in [1.29, 1.82) is 0 Å². The highest BCUT2D eigenvalue weighted by Gasteiger charge is 2.09. The molecule has 0 unspecified atom stereocenters. The van der Waals surface area contributed by atoms with E-state index in [9.17, 15) is 10.1 Å². The van der Waals surface area contributed by atoms with Crippen molar-refractivity contribution in [1.82, 2.24) is 4.90 Å². The minimum atomic E-state index is -0.446. The molecular weight excluding hydrogens is 222 g/mol. The van der Waals surface area contributed by atoms with Gasteiger partial charge in [0.15, 0.2) is 0 Å². The molecule has 1 aromatic rings. The van der Waals surface area contributed by atoms with Gasteiger partial charge >= 0.3 is 0 Å². The monoisotopic (exact) mass is 239 g/mol. The molecule has 0 aliphatic rings. The zero-order valence-electron chi connectivity index (χ0n) is 9.93. The number of benzene rings is 1. The van der Waals surface area contributed by atoms with Crippen LogP contribution in [0.1, 0.15) is 0 Å². The fourth-order valence-corrected chi connectivity index (χ4v) is 1.33. The van der Waals surface area contributed by atoms with E-state index in [1.54, 1.807) is 6.07 Å². The lowest BCUT2D eigenvalue weighted by Gasteiger charge is -2.12. The Balaban J connectivity index is 2.76. The summed E-state index contributed by atoms with van der Waals surface area (Å²) >= 11 is 0. The van der Waals surface area contributed by atoms with Crippen molar-refractivity contribution in [3.8, 4) is 0 Å². The number of non-ortho nitro benzene ring substituents is 1. The van der Waals surface area contributed by atoms with Gasteiger partial charge in [-0.25, -0.2) is 0 Å². The van der Waals surface area contributed by atoms with Crippen molar-refractivity contribution in [2.24, 2.45) is 5.84 Å². The van der Waals surface area contributed by atoms with Gasteiger partial charge in [0.25, 0.3) is 5.69 Å². The summed E-state index contributed by atoms with van der Waals surface area (Å²) in [6.45, 7) is 1.55. The number of nitro groups is 1. The fraction of sp³-hybridized carbons (Fsp3) is 0.400. The topological polar surface area (TPSA) is 96.5 Å². The number of hydrogen-bond donors (Lipinski definition) is 3. The first-order valence-electron chi connectivity index (χ1n) is 5.17. The number of nitrogens with two attached hydrogens (primary N) is 1. The maximum atomic E-state index is 10.7.